The van der Waals surface area contributed by atoms with Crippen LogP contribution in [-0.4, -0.2) is 25.2 Å². The van der Waals surface area contributed by atoms with Gasteiger partial charge in [0.05, 0.1) is 0 Å². The van der Waals surface area contributed by atoms with E-state index >= 15 is 0 Å². The average molecular weight is 192 g/mol. The molecule has 0 aliphatic heterocycles. The summed E-state index contributed by atoms with van der Waals surface area (Å²) in [4.78, 5) is 10.1. The van der Waals surface area contributed by atoms with Crippen molar-refractivity contribution in [1.82, 2.24) is 0 Å². The Bertz CT molecular complexity index is 152. The Morgan fingerprint density at radius 2 is 1.83 bits per heavy atom. The Morgan fingerprint density at radius 3 is 2.17 bits per heavy atom. The summed E-state index contributed by atoms with van der Waals surface area (Å²) in [6, 6.07) is 0. The summed E-state index contributed by atoms with van der Waals surface area (Å²) in [6.07, 6.45) is -8.96. The minimum Gasteiger partial charge on any atom is -0.456 e. The molecule has 0 spiro atoms. The van der Waals surface area contributed by atoms with Crippen LogP contribution in [0.25, 0.3) is 0 Å². The fraction of sp³-hybridized carbons (Fsp3) is 0.800. The largest absolute Gasteiger partial charge is 0.456 e. The van der Waals surface area contributed by atoms with Gasteiger partial charge in [0, 0.05) is 0 Å². The monoisotopic (exact) mass is 192 g/mol. The number of carbonyl (C=O) groups excluding carboxylic acids is 1. The van der Waals surface area contributed by atoms with E-state index in [1.165, 1.54) is 0 Å². The van der Waals surface area contributed by atoms with E-state index in [0.29, 0.717) is 0 Å². The third-order valence-corrected chi connectivity index (χ3v) is 0.718. The average Bonchev–Trinajstić information content (AvgIpc) is 1.80. The molecule has 0 aliphatic rings. The highest BCUT2D eigenvalue weighted by Crippen LogP contribution is 2.15. The zero-order valence-corrected chi connectivity index (χ0v) is 5.70. The van der Waals surface area contributed by atoms with Crippen LogP contribution in [0.2, 0.25) is 0 Å². The number of alkyl halides is 5. The molecular formula is C5H5F5O2. The van der Waals surface area contributed by atoms with E-state index in [-0.39, 0.29) is 0 Å². The van der Waals surface area contributed by atoms with Crippen molar-refractivity contribution in [3.8, 4) is 0 Å². The van der Waals surface area contributed by atoms with Gasteiger partial charge in [0.1, 0.15) is 6.42 Å². The summed E-state index contributed by atoms with van der Waals surface area (Å²) in [5, 5.41) is 0. The van der Waals surface area contributed by atoms with Crippen molar-refractivity contribution in [2.24, 2.45) is 0 Å². The summed E-state index contributed by atoms with van der Waals surface area (Å²) in [6.45, 7) is -1.82. The van der Waals surface area contributed by atoms with E-state index in [0.717, 1.165) is 0 Å². The van der Waals surface area contributed by atoms with Crippen molar-refractivity contribution in [3.05, 3.63) is 0 Å². The van der Waals surface area contributed by atoms with E-state index in [1.807, 2.05) is 0 Å². The standard InChI is InChI=1S/C5H5F5O2/c6-3(7)1-4(11)12-2-5(8,9)10/h3H,1-2H2. The first kappa shape index (κ1) is 11.1. The van der Waals surface area contributed by atoms with Crippen molar-refractivity contribution in [2.45, 2.75) is 19.0 Å². The van der Waals surface area contributed by atoms with Crippen LogP contribution >= 0.6 is 0 Å². The van der Waals surface area contributed by atoms with E-state index in [9.17, 15) is 26.7 Å². The predicted molar refractivity (Wildman–Crippen MR) is 27.6 cm³/mol. The highest BCUT2D eigenvalue weighted by molar-refractivity contribution is 5.69. The molecule has 12 heavy (non-hydrogen) atoms. The van der Waals surface area contributed by atoms with Gasteiger partial charge >= 0.3 is 12.1 Å². The third kappa shape index (κ3) is 7.23. The Morgan fingerprint density at radius 1 is 1.33 bits per heavy atom. The summed E-state index contributed by atoms with van der Waals surface area (Å²) in [7, 11) is 0. The second-order valence-electron chi connectivity index (χ2n) is 1.87. The number of carbonyl (C=O) groups is 1. The number of hydrogen-bond acceptors (Lipinski definition) is 2. The molecule has 0 fully saturated rings. The van der Waals surface area contributed by atoms with Gasteiger partial charge < -0.3 is 4.74 Å². The predicted octanol–water partition coefficient (Wildman–Crippen LogP) is 1.75. The lowest BCUT2D eigenvalue weighted by Gasteiger charge is -2.06. The lowest BCUT2D eigenvalue weighted by atomic mass is 10.4. The Hall–Kier alpha value is -0.880. The number of rotatable bonds is 3. The van der Waals surface area contributed by atoms with Gasteiger partial charge in [-0.15, -0.1) is 0 Å². The van der Waals surface area contributed by atoms with Crippen LogP contribution in [0.1, 0.15) is 6.42 Å². The Labute approximate surface area is 64.3 Å². The van der Waals surface area contributed by atoms with Gasteiger partial charge in [0.25, 0.3) is 0 Å². The zero-order valence-electron chi connectivity index (χ0n) is 5.70. The second-order valence-corrected chi connectivity index (χ2v) is 1.87. The van der Waals surface area contributed by atoms with Crippen LogP contribution in [0.15, 0.2) is 0 Å². The van der Waals surface area contributed by atoms with Crippen LogP contribution in [0.3, 0.4) is 0 Å². The van der Waals surface area contributed by atoms with Gasteiger partial charge in [0.2, 0.25) is 6.43 Å². The molecule has 0 aromatic heterocycles. The highest BCUT2D eigenvalue weighted by atomic mass is 19.4. The fourth-order valence-electron chi connectivity index (χ4n) is 0.347. The van der Waals surface area contributed by atoms with Gasteiger partial charge in [-0.05, 0) is 0 Å². The molecule has 0 saturated carbocycles. The molecule has 0 bridgehead atoms. The molecule has 0 atom stereocenters. The molecule has 72 valence electrons. The molecule has 0 rings (SSSR count). The van der Waals surface area contributed by atoms with Gasteiger partial charge in [-0.25, -0.2) is 8.78 Å². The molecule has 0 aliphatic carbocycles. The van der Waals surface area contributed by atoms with Gasteiger partial charge in [0.15, 0.2) is 6.61 Å². The first-order valence-corrected chi connectivity index (χ1v) is 2.82. The lowest BCUT2D eigenvalue weighted by Crippen LogP contribution is -2.21. The number of hydrogen-bond donors (Lipinski definition) is 0. The summed E-state index contributed by atoms with van der Waals surface area (Å²) in [5.41, 5.74) is 0. The minimum absolute atomic E-state index is 1.31. The summed E-state index contributed by atoms with van der Waals surface area (Å²) in [5.74, 6) is -1.55. The molecule has 7 heteroatoms. The molecule has 2 nitrogen and oxygen atoms in total. The van der Waals surface area contributed by atoms with Crippen LogP contribution in [0.4, 0.5) is 22.0 Å². The molecule has 0 radical (unpaired) electrons. The van der Waals surface area contributed by atoms with Gasteiger partial charge in [-0.1, -0.05) is 0 Å². The van der Waals surface area contributed by atoms with Crippen LogP contribution < -0.4 is 0 Å². The summed E-state index contributed by atoms with van der Waals surface area (Å²) >= 11 is 0. The van der Waals surface area contributed by atoms with E-state index in [4.69, 9.17) is 0 Å². The number of ether oxygens (including phenoxy) is 1. The molecule has 0 aromatic carbocycles. The Balaban J connectivity index is 3.58. The van der Waals surface area contributed by atoms with Gasteiger partial charge in [-0.2, -0.15) is 13.2 Å². The topological polar surface area (TPSA) is 26.3 Å². The first-order chi connectivity index (χ1) is 5.31. The number of esters is 1. The maximum Gasteiger partial charge on any atom is 0.422 e. The van der Waals surface area contributed by atoms with E-state index in [2.05, 4.69) is 4.74 Å². The van der Waals surface area contributed by atoms with Crippen molar-refractivity contribution >= 4 is 5.97 Å². The maximum absolute atomic E-state index is 11.3. The minimum atomic E-state index is -4.67. The third-order valence-electron chi connectivity index (χ3n) is 0.718. The second kappa shape index (κ2) is 4.22. The zero-order chi connectivity index (χ0) is 9.78. The van der Waals surface area contributed by atoms with Crippen LogP contribution in [0, 0.1) is 0 Å². The molecule has 0 N–H and O–H groups in total. The maximum atomic E-state index is 11.3. The summed E-state index contributed by atoms with van der Waals surface area (Å²) < 4.78 is 60.0. The molecule has 0 saturated heterocycles. The highest BCUT2D eigenvalue weighted by Gasteiger charge is 2.29. The molecular weight excluding hydrogens is 187 g/mol. The van der Waals surface area contributed by atoms with Crippen molar-refractivity contribution in [3.63, 3.8) is 0 Å². The molecule has 0 unspecified atom stereocenters. The molecule has 0 aromatic rings. The van der Waals surface area contributed by atoms with E-state index < -0.39 is 31.6 Å². The smallest absolute Gasteiger partial charge is 0.422 e. The molecule has 0 amide bonds. The van der Waals surface area contributed by atoms with E-state index in [1.54, 1.807) is 0 Å². The normalized spacial score (nSPS) is 11.8. The fourth-order valence-corrected chi connectivity index (χ4v) is 0.347. The molecule has 0 heterocycles. The Kier molecular flexibility index (Phi) is 3.91. The quantitative estimate of drug-likeness (QED) is 0.503. The van der Waals surface area contributed by atoms with Crippen molar-refractivity contribution in [2.75, 3.05) is 6.61 Å². The van der Waals surface area contributed by atoms with Crippen LogP contribution in [-0.2, 0) is 9.53 Å². The van der Waals surface area contributed by atoms with Crippen LogP contribution in [0.5, 0.6) is 0 Å². The first-order valence-electron chi connectivity index (χ1n) is 2.82. The lowest BCUT2D eigenvalue weighted by molar-refractivity contribution is -0.187. The number of halogens is 5. The van der Waals surface area contributed by atoms with Crippen molar-refractivity contribution in [1.29, 1.82) is 0 Å². The van der Waals surface area contributed by atoms with Gasteiger partial charge in [-0.3, -0.25) is 4.79 Å². The SMILES string of the molecule is O=C(CC(F)F)OCC(F)(F)F. The van der Waals surface area contributed by atoms with Crippen molar-refractivity contribution < 1.29 is 31.5 Å².